The Morgan fingerprint density at radius 3 is 2.53 bits per heavy atom. The predicted molar refractivity (Wildman–Crippen MR) is 139 cm³/mol. The van der Waals surface area contributed by atoms with Gasteiger partial charge in [-0.1, -0.05) is 6.07 Å². The summed E-state index contributed by atoms with van der Waals surface area (Å²) in [5, 5.41) is 7.00. The molecule has 0 saturated carbocycles. The second-order valence-corrected chi connectivity index (χ2v) is 9.20. The molecular weight excluding hydrogens is 446 g/mol. The van der Waals surface area contributed by atoms with Crippen LogP contribution in [-0.2, 0) is 9.53 Å². The fourth-order valence-electron chi connectivity index (χ4n) is 4.88. The van der Waals surface area contributed by atoms with E-state index in [-0.39, 0.29) is 24.6 Å². The lowest BCUT2D eigenvalue weighted by molar-refractivity contribution is -0.119. The molecule has 0 spiro atoms. The van der Waals surface area contributed by atoms with Crippen LogP contribution in [0.1, 0.15) is 54.6 Å². The third-order valence-corrected chi connectivity index (χ3v) is 6.48. The first-order chi connectivity index (χ1) is 16.3. The maximum Gasteiger partial charge on any atom is 0.250 e. The van der Waals surface area contributed by atoms with Crippen LogP contribution in [0.2, 0.25) is 0 Å². The maximum atomic E-state index is 11.9. The molecular formula is C26H31N5O2S. The molecule has 1 saturated heterocycles. The lowest BCUT2D eigenvalue weighted by Gasteiger charge is -2.28. The number of pyridine rings is 1. The molecule has 0 bridgehead atoms. The van der Waals surface area contributed by atoms with E-state index in [4.69, 9.17) is 17.0 Å². The molecule has 2 aromatic heterocycles. The van der Waals surface area contributed by atoms with E-state index in [1.165, 1.54) is 24.1 Å². The Hall–Kier alpha value is -3.23. The number of methoxy groups -OCH3 is 1. The van der Waals surface area contributed by atoms with Crippen molar-refractivity contribution in [2.24, 2.45) is 0 Å². The number of hydrogen-bond acceptors (Lipinski definition) is 4. The molecule has 0 aliphatic carbocycles. The number of anilines is 2. The third-order valence-electron chi connectivity index (χ3n) is 6.16. The van der Waals surface area contributed by atoms with Crippen molar-refractivity contribution in [2.75, 3.05) is 23.9 Å². The van der Waals surface area contributed by atoms with Crippen LogP contribution in [0.3, 0.4) is 0 Å². The Bertz CT molecular complexity index is 1170. The van der Waals surface area contributed by atoms with Gasteiger partial charge in [0.2, 0.25) is 5.91 Å². The molecule has 178 valence electrons. The van der Waals surface area contributed by atoms with Crippen molar-refractivity contribution < 1.29 is 9.53 Å². The summed E-state index contributed by atoms with van der Waals surface area (Å²) in [5.74, 6) is -0.192. The van der Waals surface area contributed by atoms with Crippen LogP contribution >= 0.6 is 12.2 Å². The number of thiocarbonyl (C=S) groups is 1. The zero-order valence-electron chi connectivity index (χ0n) is 20.2. The largest absolute Gasteiger partial charge is 0.375 e. The van der Waals surface area contributed by atoms with E-state index in [1.54, 1.807) is 0 Å². The van der Waals surface area contributed by atoms with Crippen molar-refractivity contribution in [3.8, 4) is 0 Å². The minimum atomic E-state index is -0.192. The Morgan fingerprint density at radius 2 is 1.94 bits per heavy atom. The van der Waals surface area contributed by atoms with Crippen LogP contribution in [0, 0.1) is 13.8 Å². The summed E-state index contributed by atoms with van der Waals surface area (Å²) in [7, 11) is 1.50. The molecule has 3 aromatic rings. The van der Waals surface area contributed by atoms with Crippen molar-refractivity contribution >= 4 is 34.6 Å². The smallest absolute Gasteiger partial charge is 0.250 e. The average Bonchev–Trinajstić information content (AvgIpc) is 3.30. The molecule has 0 radical (unpaired) electrons. The third kappa shape index (κ3) is 4.56. The maximum absolute atomic E-state index is 11.9. The summed E-state index contributed by atoms with van der Waals surface area (Å²) < 4.78 is 7.26. The molecule has 1 aliphatic heterocycles. The topological polar surface area (TPSA) is 71.4 Å². The quantitative estimate of drug-likeness (QED) is 0.475. The van der Waals surface area contributed by atoms with E-state index in [1.807, 2.05) is 48.7 Å². The Morgan fingerprint density at radius 1 is 1.21 bits per heavy atom. The van der Waals surface area contributed by atoms with Crippen molar-refractivity contribution in [3.05, 3.63) is 77.4 Å². The second kappa shape index (κ2) is 9.95. The van der Waals surface area contributed by atoms with Crippen LogP contribution in [0.15, 0.2) is 54.7 Å². The molecule has 3 heterocycles. The van der Waals surface area contributed by atoms with Crippen LogP contribution in [0.25, 0.3) is 0 Å². The van der Waals surface area contributed by atoms with Gasteiger partial charge in [0.05, 0.1) is 17.8 Å². The van der Waals surface area contributed by atoms with Crippen LogP contribution in [-0.4, -0.2) is 34.3 Å². The molecule has 2 N–H and O–H groups in total. The summed E-state index contributed by atoms with van der Waals surface area (Å²) in [6.45, 7) is 8.74. The van der Waals surface area contributed by atoms with E-state index in [0.717, 1.165) is 11.4 Å². The molecule has 0 unspecified atom stereocenters. The molecule has 1 amide bonds. The van der Waals surface area contributed by atoms with Crippen LogP contribution in [0.5, 0.6) is 0 Å². The van der Waals surface area contributed by atoms with Crippen molar-refractivity contribution in [1.29, 1.82) is 0 Å². The molecule has 2 atom stereocenters. The molecule has 4 rings (SSSR count). The van der Waals surface area contributed by atoms with Gasteiger partial charge in [0.1, 0.15) is 6.61 Å². The Kier molecular flexibility index (Phi) is 7.00. The number of nitrogens with one attached hydrogen (secondary N) is 2. The monoisotopic (exact) mass is 477 g/mol. The number of carbonyl (C=O) groups is 1. The predicted octanol–water partition coefficient (Wildman–Crippen LogP) is 4.84. The highest BCUT2D eigenvalue weighted by atomic mass is 32.1. The van der Waals surface area contributed by atoms with Crippen LogP contribution in [0.4, 0.5) is 11.4 Å². The van der Waals surface area contributed by atoms with Crippen molar-refractivity contribution in [1.82, 2.24) is 14.9 Å². The first-order valence-corrected chi connectivity index (χ1v) is 11.8. The fraction of sp³-hybridized carbons (Fsp3) is 0.346. The summed E-state index contributed by atoms with van der Waals surface area (Å²) in [6, 6.07) is 16.1. The van der Waals surface area contributed by atoms with Gasteiger partial charge < -0.3 is 24.8 Å². The van der Waals surface area contributed by atoms with Gasteiger partial charge in [-0.05, 0) is 87.9 Å². The van der Waals surface area contributed by atoms with Crippen LogP contribution < -0.4 is 15.5 Å². The SMILES string of the molecule is COCC(=O)Nc1ccc(N2C(=S)N[C@@H](c3ccccn3)[C@@H]2c2cc(C)n(C(C)C)c2C)cc1. The van der Waals surface area contributed by atoms with E-state index in [9.17, 15) is 4.79 Å². The normalized spacial score (nSPS) is 17.8. The number of rotatable bonds is 7. The molecule has 7 nitrogen and oxygen atoms in total. The van der Waals surface area contributed by atoms with Crippen molar-refractivity contribution in [3.63, 3.8) is 0 Å². The van der Waals surface area contributed by atoms with Gasteiger partial charge in [-0.2, -0.15) is 0 Å². The fourth-order valence-corrected chi connectivity index (χ4v) is 5.23. The number of hydrogen-bond donors (Lipinski definition) is 2. The molecule has 8 heteroatoms. The molecule has 1 aromatic carbocycles. The molecule has 1 aliphatic rings. The lowest BCUT2D eigenvalue weighted by Crippen LogP contribution is -2.29. The van der Waals surface area contributed by atoms with Crippen molar-refractivity contribution in [2.45, 2.75) is 45.8 Å². The number of amides is 1. The van der Waals surface area contributed by atoms with Gasteiger partial charge >= 0.3 is 0 Å². The minimum Gasteiger partial charge on any atom is -0.375 e. The number of ether oxygens (including phenoxy) is 1. The first-order valence-electron chi connectivity index (χ1n) is 11.4. The van der Waals surface area contributed by atoms with Gasteiger partial charge in [-0.15, -0.1) is 0 Å². The first kappa shape index (κ1) is 23.9. The zero-order valence-corrected chi connectivity index (χ0v) is 21.0. The summed E-state index contributed by atoms with van der Waals surface area (Å²) >= 11 is 5.84. The van der Waals surface area contributed by atoms with Gasteiger partial charge in [0, 0.05) is 42.1 Å². The second-order valence-electron chi connectivity index (χ2n) is 8.81. The molecule has 1 fully saturated rings. The molecule has 34 heavy (non-hydrogen) atoms. The minimum absolute atomic E-state index is 0.0151. The zero-order chi connectivity index (χ0) is 24.4. The van der Waals surface area contributed by atoms with Gasteiger partial charge in [0.15, 0.2) is 5.11 Å². The average molecular weight is 478 g/mol. The number of nitrogens with zero attached hydrogens (tertiary/aromatic N) is 3. The van der Waals surface area contributed by atoms with Gasteiger partial charge in [0.25, 0.3) is 0 Å². The lowest BCUT2D eigenvalue weighted by atomic mass is 9.96. The highest BCUT2D eigenvalue weighted by molar-refractivity contribution is 7.80. The van der Waals surface area contributed by atoms with E-state index >= 15 is 0 Å². The number of benzene rings is 1. The number of aromatic nitrogens is 2. The summed E-state index contributed by atoms with van der Waals surface area (Å²) in [6.07, 6.45) is 1.81. The van der Waals surface area contributed by atoms with Gasteiger partial charge in [-0.25, -0.2) is 0 Å². The van der Waals surface area contributed by atoms with E-state index < -0.39 is 0 Å². The highest BCUT2D eigenvalue weighted by Crippen LogP contribution is 2.43. The Balaban J connectivity index is 1.76. The summed E-state index contributed by atoms with van der Waals surface area (Å²) in [5.41, 5.74) is 6.25. The number of aryl methyl sites for hydroxylation is 1. The van der Waals surface area contributed by atoms with E-state index in [0.29, 0.717) is 16.8 Å². The highest BCUT2D eigenvalue weighted by Gasteiger charge is 2.42. The Labute approximate surface area is 206 Å². The van der Waals surface area contributed by atoms with Gasteiger partial charge in [-0.3, -0.25) is 9.78 Å². The standard InChI is InChI=1S/C26H31N5O2S/c1-16(2)30-17(3)14-21(18(30)4)25-24(22-8-6-7-13-27-22)29-26(34)31(25)20-11-9-19(10-12-20)28-23(32)15-33-5/h6-14,16,24-25H,15H2,1-5H3,(H,28,32)(H,29,34)/t24-,25-/m0/s1. The number of carbonyl (C=O) groups excluding carboxylic acids is 1. The van der Waals surface area contributed by atoms with E-state index in [2.05, 4.69) is 58.8 Å². The summed E-state index contributed by atoms with van der Waals surface area (Å²) in [4.78, 5) is 18.7.